The van der Waals surface area contributed by atoms with Crippen molar-refractivity contribution in [2.75, 3.05) is 12.3 Å². The van der Waals surface area contributed by atoms with E-state index in [9.17, 15) is 0 Å². The van der Waals surface area contributed by atoms with E-state index in [0.717, 1.165) is 58.9 Å². The molecule has 0 amide bonds. The van der Waals surface area contributed by atoms with Crippen molar-refractivity contribution in [3.8, 4) is 11.3 Å². The Balaban J connectivity index is 1.47. The van der Waals surface area contributed by atoms with E-state index in [1.165, 1.54) is 0 Å². The first-order chi connectivity index (χ1) is 11.7. The Morgan fingerprint density at radius 2 is 2.00 bits per heavy atom. The molecule has 0 unspecified atom stereocenters. The van der Waals surface area contributed by atoms with E-state index in [4.69, 9.17) is 10.2 Å². The molecular weight excluding hydrogens is 368 g/mol. The molecule has 0 radical (unpaired) electrons. The summed E-state index contributed by atoms with van der Waals surface area (Å²) in [6.07, 6.45) is 2.72. The number of aromatic nitrogens is 2. The predicted octanol–water partition coefficient (Wildman–Crippen LogP) is 3.64. The zero-order chi connectivity index (χ0) is 16.5. The summed E-state index contributed by atoms with van der Waals surface area (Å²) in [4.78, 5) is 10.8. The second-order valence-electron chi connectivity index (χ2n) is 5.93. The summed E-state index contributed by atoms with van der Waals surface area (Å²) in [7, 11) is 0. The van der Waals surface area contributed by atoms with Crippen molar-refractivity contribution in [1.82, 2.24) is 14.9 Å². The maximum Gasteiger partial charge on any atom is 0.220 e. The van der Waals surface area contributed by atoms with Gasteiger partial charge in [0.05, 0.1) is 12.2 Å². The lowest BCUT2D eigenvalue weighted by Crippen LogP contribution is -2.30. The van der Waals surface area contributed by atoms with Gasteiger partial charge in [0.2, 0.25) is 5.95 Å². The van der Waals surface area contributed by atoms with Crippen molar-refractivity contribution in [1.29, 1.82) is 0 Å². The minimum atomic E-state index is 0.354. The summed E-state index contributed by atoms with van der Waals surface area (Å²) in [5.74, 6) is 2.21. The summed E-state index contributed by atoms with van der Waals surface area (Å²) in [5.41, 5.74) is 8.95. The van der Waals surface area contributed by atoms with Crippen molar-refractivity contribution in [2.45, 2.75) is 19.5 Å². The van der Waals surface area contributed by atoms with Gasteiger partial charge in [-0.15, -0.1) is 0 Å². The third kappa shape index (κ3) is 3.20. The predicted molar refractivity (Wildman–Crippen MR) is 96.1 cm³/mol. The monoisotopic (exact) mass is 384 g/mol. The van der Waals surface area contributed by atoms with Crippen LogP contribution in [-0.4, -0.2) is 21.4 Å². The highest BCUT2D eigenvalue weighted by Gasteiger charge is 2.19. The van der Waals surface area contributed by atoms with Crippen LogP contribution >= 0.6 is 15.9 Å². The third-order valence-corrected chi connectivity index (χ3v) is 4.73. The van der Waals surface area contributed by atoms with Crippen molar-refractivity contribution >= 4 is 21.9 Å². The van der Waals surface area contributed by atoms with Gasteiger partial charge >= 0.3 is 0 Å². The summed E-state index contributed by atoms with van der Waals surface area (Å²) >= 11 is 3.45. The molecule has 1 aromatic carbocycles. The van der Waals surface area contributed by atoms with Crippen LogP contribution < -0.4 is 5.73 Å². The molecule has 24 heavy (non-hydrogen) atoms. The summed E-state index contributed by atoms with van der Waals surface area (Å²) in [5, 5.41) is 0. The van der Waals surface area contributed by atoms with E-state index in [2.05, 4.69) is 30.8 Å². The number of hydrogen-bond acceptors (Lipinski definition) is 5. The van der Waals surface area contributed by atoms with Crippen molar-refractivity contribution < 1.29 is 4.42 Å². The number of halogens is 1. The third-order valence-electron chi connectivity index (χ3n) is 4.20. The molecule has 2 N–H and O–H groups in total. The maximum absolute atomic E-state index is 6.01. The quantitative estimate of drug-likeness (QED) is 0.746. The minimum absolute atomic E-state index is 0.354. The molecule has 122 valence electrons. The topological polar surface area (TPSA) is 68.2 Å². The number of fused-ring (bicyclic) bond motifs is 1. The number of hydrogen-bond donors (Lipinski definition) is 1. The summed E-state index contributed by atoms with van der Waals surface area (Å²) in [6, 6.07) is 12.2. The number of furan rings is 1. The van der Waals surface area contributed by atoms with Crippen LogP contribution in [0.2, 0.25) is 0 Å². The molecule has 4 rings (SSSR count). The lowest BCUT2D eigenvalue weighted by molar-refractivity contribution is 0.224. The molecule has 3 heterocycles. The Morgan fingerprint density at radius 1 is 1.17 bits per heavy atom. The minimum Gasteiger partial charge on any atom is -0.460 e. The van der Waals surface area contributed by atoms with Crippen LogP contribution in [0.15, 0.2) is 51.5 Å². The van der Waals surface area contributed by atoms with Crippen LogP contribution in [0, 0.1) is 0 Å². The van der Waals surface area contributed by atoms with Crippen molar-refractivity contribution in [2.24, 2.45) is 0 Å². The van der Waals surface area contributed by atoms with Gasteiger partial charge in [0.1, 0.15) is 11.5 Å². The summed E-state index contributed by atoms with van der Waals surface area (Å²) in [6.45, 7) is 2.54. The standard InChI is InChI=1S/C18H17BrN4O/c19-14-3-1-12(2-4-14)17-6-5-15(24-17)11-23-8-7-16-13(10-23)9-21-18(20)22-16/h1-6,9H,7-8,10-11H2,(H2,20,21,22). The van der Waals surface area contributed by atoms with Gasteiger partial charge < -0.3 is 10.2 Å². The number of nitrogens with two attached hydrogens (primary N) is 1. The lowest BCUT2D eigenvalue weighted by atomic mass is 10.1. The Hall–Kier alpha value is -2.18. The van der Waals surface area contributed by atoms with Gasteiger partial charge in [0.25, 0.3) is 0 Å². The average Bonchev–Trinajstić information content (AvgIpc) is 3.04. The van der Waals surface area contributed by atoms with Crippen LogP contribution in [0.25, 0.3) is 11.3 Å². The summed E-state index contributed by atoms with van der Waals surface area (Å²) < 4.78 is 7.07. The average molecular weight is 385 g/mol. The highest BCUT2D eigenvalue weighted by atomic mass is 79.9. The van der Waals surface area contributed by atoms with Gasteiger partial charge in [-0.05, 0) is 24.3 Å². The molecule has 0 saturated heterocycles. The molecule has 3 aromatic rings. The molecule has 0 atom stereocenters. The Kier molecular flexibility index (Phi) is 4.08. The highest BCUT2D eigenvalue weighted by molar-refractivity contribution is 9.10. The van der Waals surface area contributed by atoms with Crippen LogP contribution in [0.3, 0.4) is 0 Å². The molecule has 0 bridgehead atoms. The molecule has 0 fully saturated rings. The van der Waals surface area contributed by atoms with E-state index in [0.29, 0.717) is 5.95 Å². The fourth-order valence-electron chi connectivity index (χ4n) is 2.98. The first-order valence-corrected chi connectivity index (χ1v) is 8.64. The van der Waals surface area contributed by atoms with E-state index in [1.54, 1.807) is 0 Å². The second kappa shape index (κ2) is 6.37. The van der Waals surface area contributed by atoms with Gasteiger partial charge in [-0.2, -0.15) is 0 Å². The fourth-order valence-corrected chi connectivity index (χ4v) is 3.24. The molecule has 0 aliphatic carbocycles. The first kappa shape index (κ1) is 15.4. The molecular formula is C18H17BrN4O. The normalized spacial score (nSPS) is 14.5. The SMILES string of the molecule is Nc1ncc2c(n1)CCN(Cc1ccc(-c3ccc(Br)cc3)o1)C2. The van der Waals surface area contributed by atoms with Crippen molar-refractivity contribution in [3.63, 3.8) is 0 Å². The number of nitrogens with zero attached hydrogens (tertiary/aromatic N) is 3. The lowest BCUT2D eigenvalue weighted by Gasteiger charge is -2.26. The molecule has 1 aliphatic rings. The molecule has 6 heteroatoms. The first-order valence-electron chi connectivity index (χ1n) is 7.84. The van der Waals surface area contributed by atoms with Crippen LogP contribution in [0.5, 0.6) is 0 Å². The Labute approximate surface area is 148 Å². The zero-order valence-corrected chi connectivity index (χ0v) is 14.7. The van der Waals surface area contributed by atoms with Crippen molar-refractivity contribution in [3.05, 3.63) is 64.1 Å². The molecule has 2 aromatic heterocycles. The van der Waals surface area contributed by atoms with Crippen LogP contribution in [0.1, 0.15) is 17.0 Å². The Morgan fingerprint density at radius 3 is 2.83 bits per heavy atom. The molecule has 0 spiro atoms. The number of anilines is 1. The van der Waals surface area contributed by atoms with Gasteiger partial charge in [-0.3, -0.25) is 4.90 Å². The smallest absolute Gasteiger partial charge is 0.220 e. The van der Waals surface area contributed by atoms with E-state index < -0.39 is 0 Å². The second-order valence-corrected chi connectivity index (χ2v) is 6.85. The molecule has 1 aliphatic heterocycles. The molecule has 5 nitrogen and oxygen atoms in total. The zero-order valence-electron chi connectivity index (χ0n) is 13.1. The molecule has 0 saturated carbocycles. The van der Waals surface area contributed by atoms with Gasteiger partial charge in [0, 0.05) is 41.3 Å². The number of benzene rings is 1. The van der Waals surface area contributed by atoms with E-state index >= 15 is 0 Å². The fraction of sp³-hybridized carbons (Fsp3) is 0.222. The van der Waals surface area contributed by atoms with Gasteiger partial charge in [0.15, 0.2) is 0 Å². The van der Waals surface area contributed by atoms with E-state index in [-0.39, 0.29) is 0 Å². The van der Waals surface area contributed by atoms with Crippen LogP contribution in [-0.2, 0) is 19.5 Å². The Bertz CT molecular complexity index is 860. The van der Waals surface area contributed by atoms with E-state index in [1.807, 2.05) is 42.6 Å². The maximum atomic E-state index is 6.01. The van der Waals surface area contributed by atoms with Crippen LogP contribution in [0.4, 0.5) is 5.95 Å². The van der Waals surface area contributed by atoms with Gasteiger partial charge in [-0.25, -0.2) is 9.97 Å². The number of rotatable bonds is 3. The highest BCUT2D eigenvalue weighted by Crippen LogP contribution is 2.26. The number of nitrogen functional groups attached to an aromatic ring is 1. The largest absolute Gasteiger partial charge is 0.460 e. The van der Waals surface area contributed by atoms with Gasteiger partial charge in [-0.1, -0.05) is 28.1 Å².